The van der Waals surface area contributed by atoms with Gasteiger partial charge in [0.15, 0.2) is 5.11 Å². The van der Waals surface area contributed by atoms with E-state index in [0.29, 0.717) is 11.7 Å². The average molecular weight is 463 g/mol. The Morgan fingerprint density at radius 3 is 2.24 bits per heavy atom. The van der Waals surface area contributed by atoms with Gasteiger partial charge in [0.05, 0.1) is 11.4 Å². The van der Waals surface area contributed by atoms with Crippen molar-refractivity contribution in [3.63, 3.8) is 0 Å². The van der Waals surface area contributed by atoms with E-state index in [1.165, 1.54) is 0 Å². The van der Waals surface area contributed by atoms with Gasteiger partial charge in [-0.2, -0.15) is 5.10 Å². The second-order valence-electron chi connectivity index (χ2n) is 6.46. The van der Waals surface area contributed by atoms with Crippen LogP contribution in [0.2, 0.25) is 0 Å². The van der Waals surface area contributed by atoms with E-state index in [4.69, 9.17) is 17.3 Å². The van der Waals surface area contributed by atoms with Gasteiger partial charge in [0.1, 0.15) is 0 Å². The second-order valence-corrected chi connectivity index (χ2v) is 7.79. The fourth-order valence-electron chi connectivity index (χ4n) is 2.98. The van der Waals surface area contributed by atoms with Crippen molar-refractivity contribution < 1.29 is 0 Å². The first-order chi connectivity index (χ1) is 14.2. The van der Waals surface area contributed by atoms with E-state index in [1.807, 2.05) is 83.7 Å². The van der Waals surface area contributed by atoms with Crippen LogP contribution in [0.1, 0.15) is 5.56 Å². The van der Waals surface area contributed by atoms with Crippen LogP contribution in [-0.2, 0) is 6.54 Å². The van der Waals surface area contributed by atoms with Crippen molar-refractivity contribution in [2.45, 2.75) is 6.54 Å². The molecule has 0 bridgehead atoms. The van der Waals surface area contributed by atoms with Gasteiger partial charge in [-0.1, -0.05) is 64.5 Å². The molecule has 1 aromatic heterocycles. The molecule has 29 heavy (non-hydrogen) atoms. The van der Waals surface area contributed by atoms with Crippen molar-refractivity contribution in [2.24, 2.45) is 0 Å². The maximum absolute atomic E-state index is 5.47. The van der Waals surface area contributed by atoms with Crippen molar-refractivity contribution in [1.82, 2.24) is 15.1 Å². The van der Waals surface area contributed by atoms with Crippen molar-refractivity contribution in [3.8, 4) is 16.9 Å². The molecular formula is C23H19BrN4S. The highest BCUT2D eigenvalue weighted by molar-refractivity contribution is 9.10. The van der Waals surface area contributed by atoms with Gasteiger partial charge in [-0.15, -0.1) is 0 Å². The van der Waals surface area contributed by atoms with Crippen LogP contribution in [0.3, 0.4) is 0 Å². The lowest BCUT2D eigenvalue weighted by atomic mass is 10.1. The third kappa shape index (κ3) is 4.91. The molecule has 0 amide bonds. The molecule has 0 saturated heterocycles. The number of rotatable bonds is 5. The Bertz CT molecular complexity index is 1090. The molecule has 2 N–H and O–H groups in total. The third-order valence-corrected chi connectivity index (χ3v) is 5.17. The zero-order chi connectivity index (χ0) is 20.1. The lowest BCUT2D eigenvalue weighted by Gasteiger charge is -2.10. The number of aromatic nitrogens is 2. The smallest absolute Gasteiger partial charge is 0.171 e. The van der Waals surface area contributed by atoms with E-state index >= 15 is 0 Å². The molecule has 0 aliphatic heterocycles. The lowest BCUT2D eigenvalue weighted by Crippen LogP contribution is -2.27. The van der Waals surface area contributed by atoms with E-state index in [0.717, 1.165) is 32.7 Å². The largest absolute Gasteiger partial charge is 0.358 e. The van der Waals surface area contributed by atoms with Crippen molar-refractivity contribution >= 4 is 38.9 Å². The summed E-state index contributed by atoms with van der Waals surface area (Å²) in [5, 5.41) is 11.9. The number of para-hydroxylation sites is 1. The molecule has 0 aliphatic carbocycles. The van der Waals surface area contributed by atoms with Gasteiger partial charge in [0.25, 0.3) is 0 Å². The van der Waals surface area contributed by atoms with E-state index in [-0.39, 0.29) is 0 Å². The number of nitrogens with one attached hydrogen (secondary N) is 2. The number of thiocarbonyl (C=S) groups is 1. The van der Waals surface area contributed by atoms with E-state index in [9.17, 15) is 0 Å². The number of nitrogens with zero attached hydrogens (tertiary/aromatic N) is 2. The summed E-state index contributed by atoms with van der Waals surface area (Å²) in [7, 11) is 0. The molecule has 144 valence electrons. The minimum atomic E-state index is 0.568. The summed E-state index contributed by atoms with van der Waals surface area (Å²) in [6, 6.07) is 28.2. The van der Waals surface area contributed by atoms with Crippen LogP contribution >= 0.6 is 28.1 Å². The molecule has 4 aromatic rings. The molecule has 0 aliphatic rings. The minimum absolute atomic E-state index is 0.568. The minimum Gasteiger partial charge on any atom is -0.358 e. The Balaban J connectivity index is 1.54. The number of hydrogen-bond acceptors (Lipinski definition) is 2. The van der Waals surface area contributed by atoms with Gasteiger partial charge in [-0.25, -0.2) is 4.68 Å². The molecule has 6 heteroatoms. The van der Waals surface area contributed by atoms with E-state index in [1.54, 1.807) is 0 Å². The molecule has 3 aromatic carbocycles. The van der Waals surface area contributed by atoms with Crippen molar-refractivity contribution in [2.75, 3.05) is 5.32 Å². The normalized spacial score (nSPS) is 10.5. The van der Waals surface area contributed by atoms with Crippen LogP contribution in [-0.4, -0.2) is 14.9 Å². The first-order valence-electron chi connectivity index (χ1n) is 9.19. The molecule has 0 fully saturated rings. The zero-order valence-corrected chi connectivity index (χ0v) is 18.0. The van der Waals surface area contributed by atoms with Crippen molar-refractivity contribution in [1.29, 1.82) is 0 Å². The highest BCUT2D eigenvalue weighted by Crippen LogP contribution is 2.23. The quantitative estimate of drug-likeness (QED) is 0.368. The van der Waals surface area contributed by atoms with E-state index < -0.39 is 0 Å². The summed E-state index contributed by atoms with van der Waals surface area (Å²) >= 11 is 8.91. The SMILES string of the molecule is S=C(NCc1cn(-c2ccccc2)nc1-c1ccccc1)Nc1ccc(Br)cc1. The Labute approximate surface area is 183 Å². The molecule has 0 atom stereocenters. The Morgan fingerprint density at radius 2 is 1.55 bits per heavy atom. The van der Waals surface area contributed by atoms with E-state index in [2.05, 4.69) is 38.7 Å². The standard InChI is InChI=1S/C23H19BrN4S/c24-19-11-13-20(14-12-19)26-23(29)25-15-18-16-28(21-9-5-2-6-10-21)27-22(18)17-7-3-1-4-8-17/h1-14,16H,15H2,(H2,25,26,29). The molecule has 4 nitrogen and oxygen atoms in total. The van der Waals surface area contributed by atoms with Crippen LogP contribution in [0.4, 0.5) is 5.69 Å². The predicted octanol–water partition coefficient (Wildman–Crippen LogP) is 5.79. The van der Waals surface area contributed by atoms with Crippen LogP contribution in [0, 0.1) is 0 Å². The highest BCUT2D eigenvalue weighted by Gasteiger charge is 2.12. The van der Waals surface area contributed by atoms with Crippen LogP contribution in [0.5, 0.6) is 0 Å². The van der Waals surface area contributed by atoms with Gasteiger partial charge in [0.2, 0.25) is 0 Å². The molecule has 1 heterocycles. The maximum Gasteiger partial charge on any atom is 0.171 e. The number of halogens is 1. The fraction of sp³-hybridized carbons (Fsp3) is 0.0435. The average Bonchev–Trinajstić information content (AvgIpc) is 3.20. The zero-order valence-electron chi connectivity index (χ0n) is 15.5. The number of hydrogen-bond donors (Lipinski definition) is 2. The Hall–Kier alpha value is -2.96. The van der Waals surface area contributed by atoms with Gasteiger partial charge in [-0.3, -0.25) is 0 Å². The van der Waals surface area contributed by atoms with Gasteiger partial charge in [0, 0.05) is 34.0 Å². The van der Waals surface area contributed by atoms with Crippen molar-refractivity contribution in [3.05, 3.63) is 101 Å². The van der Waals surface area contributed by atoms with Crippen LogP contribution < -0.4 is 10.6 Å². The summed E-state index contributed by atoms with van der Waals surface area (Å²) in [5.74, 6) is 0. The summed E-state index contributed by atoms with van der Waals surface area (Å²) < 4.78 is 2.94. The molecular weight excluding hydrogens is 444 g/mol. The Kier molecular flexibility index (Phi) is 6.03. The monoisotopic (exact) mass is 462 g/mol. The van der Waals surface area contributed by atoms with Gasteiger partial charge in [-0.05, 0) is 48.6 Å². The predicted molar refractivity (Wildman–Crippen MR) is 126 cm³/mol. The first-order valence-corrected chi connectivity index (χ1v) is 10.4. The molecule has 0 radical (unpaired) electrons. The molecule has 0 saturated carbocycles. The topological polar surface area (TPSA) is 41.9 Å². The highest BCUT2D eigenvalue weighted by atomic mass is 79.9. The summed E-state index contributed by atoms with van der Waals surface area (Å²) in [4.78, 5) is 0. The number of anilines is 1. The van der Waals surface area contributed by atoms with Crippen LogP contribution in [0.25, 0.3) is 16.9 Å². The summed E-state index contributed by atoms with van der Waals surface area (Å²) in [6.45, 7) is 0.569. The second kappa shape index (κ2) is 9.03. The molecule has 0 spiro atoms. The first kappa shape index (κ1) is 19.4. The third-order valence-electron chi connectivity index (χ3n) is 4.40. The summed E-state index contributed by atoms with van der Waals surface area (Å²) in [5.41, 5.74) is 5.04. The maximum atomic E-state index is 5.47. The lowest BCUT2D eigenvalue weighted by molar-refractivity contribution is 0.879. The van der Waals surface area contributed by atoms with Gasteiger partial charge >= 0.3 is 0 Å². The fourth-order valence-corrected chi connectivity index (χ4v) is 3.43. The molecule has 0 unspecified atom stereocenters. The summed E-state index contributed by atoms with van der Waals surface area (Å²) in [6.07, 6.45) is 2.05. The van der Waals surface area contributed by atoms with Crippen LogP contribution in [0.15, 0.2) is 95.6 Å². The number of benzene rings is 3. The Morgan fingerprint density at radius 1 is 0.897 bits per heavy atom. The molecule has 4 rings (SSSR count). The van der Waals surface area contributed by atoms with Gasteiger partial charge < -0.3 is 10.6 Å².